The van der Waals surface area contributed by atoms with Crippen molar-refractivity contribution in [2.75, 3.05) is 0 Å². The minimum absolute atomic E-state index is 0.0430. The molecular formula is C27H44N4O4. The van der Waals surface area contributed by atoms with Gasteiger partial charge in [-0.25, -0.2) is 9.59 Å². The molecule has 2 fully saturated rings. The first-order valence-corrected chi connectivity index (χ1v) is 12.5. The van der Waals surface area contributed by atoms with Crippen LogP contribution in [0.4, 0.5) is 9.59 Å². The maximum atomic E-state index is 12.1. The molecule has 2 aliphatic rings. The fourth-order valence-electron chi connectivity index (χ4n) is 7.08. The topological polar surface area (TPSA) is 129 Å². The van der Waals surface area contributed by atoms with Crippen molar-refractivity contribution < 1.29 is 19.1 Å². The Morgan fingerprint density at radius 2 is 1.17 bits per heavy atom. The van der Waals surface area contributed by atoms with Crippen molar-refractivity contribution in [3.63, 3.8) is 0 Å². The van der Waals surface area contributed by atoms with Crippen LogP contribution >= 0.6 is 0 Å². The summed E-state index contributed by atoms with van der Waals surface area (Å²) in [6.07, 6.45) is 1.46. The van der Waals surface area contributed by atoms with E-state index in [-0.39, 0.29) is 34.0 Å². The Morgan fingerprint density at radius 1 is 0.771 bits per heavy atom. The zero-order valence-electron chi connectivity index (χ0n) is 22.8. The molecule has 0 radical (unpaired) electrons. The van der Waals surface area contributed by atoms with E-state index in [2.05, 4.69) is 66.0 Å². The van der Waals surface area contributed by atoms with Crippen LogP contribution in [-0.4, -0.2) is 34.3 Å². The smallest absolute Gasteiger partial charge is 0.409 e. The number of carbonyl (C=O) groups is 2. The third-order valence-electron chi connectivity index (χ3n) is 7.21. The van der Waals surface area contributed by atoms with E-state index in [4.69, 9.17) is 20.9 Å². The largest absolute Gasteiger partial charge is 0.410 e. The normalized spacial score (nSPS) is 23.5. The Labute approximate surface area is 209 Å². The van der Waals surface area contributed by atoms with Crippen molar-refractivity contribution in [1.82, 2.24) is 10.6 Å². The van der Waals surface area contributed by atoms with Gasteiger partial charge in [0, 0.05) is 27.7 Å². The van der Waals surface area contributed by atoms with Crippen LogP contribution in [0.5, 0.6) is 11.5 Å². The lowest BCUT2D eigenvalue weighted by Crippen LogP contribution is -2.57. The van der Waals surface area contributed by atoms with Crippen molar-refractivity contribution in [3.05, 3.63) is 22.8 Å². The fourth-order valence-corrected chi connectivity index (χ4v) is 7.08. The van der Waals surface area contributed by atoms with E-state index in [1.165, 1.54) is 0 Å². The average Bonchev–Trinajstić information content (AvgIpc) is 2.58. The highest BCUT2D eigenvalue weighted by Gasteiger charge is 2.43. The highest BCUT2D eigenvalue weighted by molar-refractivity contribution is 5.74. The number of benzene rings is 1. The number of ether oxygens (including phenoxy) is 2. The summed E-state index contributed by atoms with van der Waals surface area (Å²) in [5.41, 5.74) is 13.0. The molecule has 196 valence electrons. The van der Waals surface area contributed by atoms with Crippen LogP contribution in [0.1, 0.15) is 110 Å². The van der Waals surface area contributed by atoms with Gasteiger partial charge in [0.1, 0.15) is 11.5 Å². The van der Waals surface area contributed by atoms with E-state index in [0.29, 0.717) is 17.1 Å². The number of hydrogen-bond acceptors (Lipinski definition) is 6. The van der Waals surface area contributed by atoms with Crippen LogP contribution in [-0.2, 0) is 0 Å². The van der Waals surface area contributed by atoms with Gasteiger partial charge in [-0.2, -0.15) is 0 Å². The number of nitrogens with two attached hydrogens (primary N) is 2. The van der Waals surface area contributed by atoms with Crippen molar-refractivity contribution in [3.8, 4) is 11.5 Å². The summed E-state index contributed by atoms with van der Waals surface area (Å²) in [6.45, 7) is 19.3. The number of primary amides is 2. The van der Waals surface area contributed by atoms with Crippen molar-refractivity contribution in [2.24, 2.45) is 11.5 Å². The van der Waals surface area contributed by atoms with Gasteiger partial charge in [0.2, 0.25) is 0 Å². The molecule has 8 nitrogen and oxygen atoms in total. The molecule has 0 aliphatic carbocycles. The second-order valence-electron chi connectivity index (χ2n) is 13.2. The van der Waals surface area contributed by atoms with E-state index < -0.39 is 12.2 Å². The molecule has 1 aromatic carbocycles. The Kier molecular flexibility index (Phi) is 6.98. The Balaban J connectivity index is 2.24. The third kappa shape index (κ3) is 6.47. The predicted octanol–water partition coefficient (Wildman–Crippen LogP) is 4.96. The number of amides is 2. The lowest BCUT2D eigenvalue weighted by molar-refractivity contribution is 0.156. The van der Waals surface area contributed by atoms with Crippen LogP contribution < -0.4 is 31.6 Å². The van der Waals surface area contributed by atoms with Gasteiger partial charge in [0.25, 0.3) is 0 Å². The van der Waals surface area contributed by atoms with E-state index in [1.807, 2.05) is 13.0 Å². The third-order valence-corrected chi connectivity index (χ3v) is 7.21. The summed E-state index contributed by atoms with van der Waals surface area (Å²) in [7, 11) is 0. The maximum Gasteiger partial charge on any atom is 0.409 e. The molecule has 0 spiro atoms. The number of rotatable bonds is 4. The summed E-state index contributed by atoms with van der Waals surface area (Å²) in [5, 5.41) is 7.38. The van der Waals surface area contributed by atoms with Crippen molar-refractivity contribution in [1.29, 1.82) is 0 Å². The molecule has 1 aromatic rings. The molecule has 0 bridgehead atoms. The molecule has 2 amide bonds. The van der Waals surface area contributed by atoms with Gasteiger partial charge in [0.15, 0.2) is 0 Å². The zero-order chi connectivity index (χ0) is 26.6. The predicted molar refractivity (Wildman–Crippen MR) is 138 cm³/mol. The minimum Gasteiger partial charge on any atom is -0.410 e. The summed E-state index contributed by atoms with van der Waals surface area (Å²) >= 11 is 0. The molecule has 2 heterocycles. The molecule has 0 saturated carbocycles. The van der Waals surface area contributed by atoms with Crippen molar-refractivity contribution in [2.45, 2.75) is 122 Å². The van der Waals surface area contributed by atoms with Gasteiger partial charge < -0.3 is 31.6 Å². The fraction of sp³-hybridized carbons (Fsp3) is 0.704. The Hall–Kier alpha value is -2.32. The Morgan fingerprint density at radius 3 is 1.57 bits per heavy atom. The summed E-state index contributed by atoms with van der Waals surface area (Å²) < 4.78 is 11.3. The van der Waals surface area contributed by atoms with Gasteiger partial charge >= 0.3 is 12.2 Å². The number of piperidine rings is 2. The van der Waals surface area contributed by atoms with E-state index >= 15 is 0 Å². The second-order valence-corrected chi connectivity index (χ2v) is 13.2. The summed E-state index contributed by atoms with van der Waals surface area (Å²) in [4.78, 5) is 24.1. The van der Waals surface area contributed by atoms with Gasteiger partial charge in [-0.15, -0.1) is 0 Å². The number of nitrogens with one attached hydrogen (secondary N) is 2. The van der Waals surface area contributed by atoms with E-state index in [9.17, 15) is 9.59 Å². The Bertz CT molecular complexity index is 981. The van der Waals surface area contributed by atoms with E-state index in [0.717, 1.165) is 36.8 Å². The van der Waals surface area contributed by atoms with Gasteiger partial charge in [-0.3, -0.25) is 0 Å². The highest BCUT2D eigenvalue weighted by atomic mass is 16.6. The first kappa shape index (κ1) is 27.3. The average molecular weight is 489 g/mol. The molecular weight excluding hydrogens is 444 g/mol. The number of hydrogen-bond donors (Lipinski definition) is 4. The van der Waals surface area contributed by atoms with E-state index in [1.54, 1.807) is 0 Å². The SMILES string of the molecule is Cc1c(C2CC(C)(C)NC(C)(C)C2)cc(OC(N)=O)c(C2CC(C)(C)NC(C)(C)C2)c1OC(N)=O. The molecule has 3 rings (SSSR count). The molecule has 6 N–H and O–H groups in total. The summed E-state index contributed by atoms with van der Waals surface area (Å²) in [5.74, 6) is 0.848. The zero-order valence-corrected chi connectivity index (χ0v) is 22.8. The van der Waals surface area contributed by atoms with Crippen LogP contribution in [0.25, 0.3) is 0 Å². The van der Waals surface area contributed by atoms with Crippen LogP contribution in [0.2, 0.25) is 0 Å². The highest BCUT2D eigenvalue weighted by Crippen LogP contribution is 2.51. The molecule has 0 aromatic heterocycles. The van der Waals surface area contributed by atoms with Crippen LogP contribution in [0.15, 0.2) is 6.07 Å². The minimum atomic E-state index is -0.899. The molecule has 8 heteroatoms. The molecule has 2 saturated heterocycles. The quantitative estimate of drug-likeness (QED) is 0.474. The lowest BCUT2D eigenvalue weighted by Gasteiger charge is -2.48. The van der Waals surface area contributed by atoms with Gasteiger partial charge in [-0.1, -0.05) is 0 Å². The first-order chi connectivity index (χ1) is 15.8. The molecule has 2 aliphatic heterocycles. The summed E-state index contributed by atoms with van der Waals surface area (Å²) in [6, 6.07) is 1.94. The lowest BCUT2D eigenvalue weighted by atomic mass is 9.70. The van der Waals surface area contributed by atoms with Crippen LogP contribution in [0, 0.1) is 6.92 Å². The molecule has 0 unspecified atom stereocenters. The molecule has 0 atom stereocenters. The monoisotopic (exact) mass is 488 g/mol. The van der Waals surface area contributed by atoms with Crippen molar-refractivity contribution >= 4 is 12.2 Å². The second kappa shape index (κ2) is 8.96. The first-order valence-electron chi connectivity index (χ1n) is 12.5. The number of carbonyl (C=O) groups excluding carboxylic acids is 2. The van der Waals surface area contributed by atoms with Crippen LogP contribution in [0.3, 0.4) is 0 Å². The van der Waals surface area contributed by atoms with Gasteiger partial charge in [-0.05, 0) is 117 Å². The standard InChI is InChI=1S/C27H44N4O4/c1-15-18(16-11-24(2,3)30-25(4,5)12-16)10-19(34-22(28)32)20(21(15)35-23(29)33)17-13-26(6,7)31-27(8,9)14-17/h10,16-17,30-31H,11-14H2,1-9H3,(H2,28,32)(H2,29,33). The molecule has 35 heavy (non-hydrogen) atoms. The maximum absolute atomic E-state index is 12.1. The van der Waals surface area contributed by atoms with Gasteiger partial charge in [0.05, 0.1) is 0 Å².